The van der Waals surface area contributed by atoms with Crippen LogP contribution in [0.1, 0.15) is 19.4 Å². The summed E-state index contributed by atoms with van der Waals surface area (Å²) in [6.07, 6.45) is -0.112. The van der Waals surface area contributed by atoms with Gasteiger partial charge in [0.2, 0.25) is 0 Å². The number of hydrogen-bond acceptors (Lipinski definition) is 5. The number of fused-ring (bicyclic) bond motifs is 1. The van der Waals surface area contributed by atoms with Crippen LogP contribution in [0, 0.1) is 10.1 Å². The molecule has 3 rings (SSSR count). The van der Waals surface area contributed by atoms with Crippen LogP contribution >= 0.6 is 0 Å². The molecule has 1 heterocycles. The molecule has 2 aromatic carbocycles. The predicted molar refractivity (Wildman–Crippen MR) is 83.6 cm³/mol. The van der Waals surface area contributed by atoms with Crippen LogP contribution in [0.25, 0.3) is 0 Å². The summed E-state index contributed by atoms with van der Waals surface area (Å²) < 4.78 is 17.9. The number of non-ortho nitro benzene ring substituents is 1. The van der Waals surface area contributed by atoms with E-state index in [1.807, 2.05) is 32.0 Å². The molecule has 0 bridgehead atoms. The summed E-state index contributed by atoms with van der Waals surface area (Å²) in [6, 6.07) is 13.5. The van der Waals surface area contributed by atoms with Crippen molar-refractivity contribution in [2.75, 3.05) is 6.61 Å². The molecule has 0 radical (unpaired) electrons. The maximum absolute atomic E-state index is 10.8. The second kappa shape index (κ2) is 5.89. The lowest BCUT2D eigenvalue weighted by atomic mass is 10.0. The Balaban J connectivity index is 1.99. The molecule has 0 unspecified atom stereocenters. The van der Waals surface area contributed by atoms with Crippen LogP contribution in [0.4, 0.5) is 5.69 Å². The number of nitro benzene ring substituents is 1. The van der Waals surface area contributed by atoms with E-state index >= 15 is 0 Å². The van der Waals surface area contributed by atoms with Crippen molar-refractivity contribution in [1.82, 2.24) is 0 Å². The fraction of sp³-hybridized carbons (Fsp3) is 0.294. The fourth-order valence-corrected chi connectivity index (χ4v) is 2.52. The first-order valence-electron chi connectivity index (χ1n) is 7.34. The lowest BCUT2D eigenvalue weighted by Crippen LogP contribution is -2.46. The molecule has 0 saturated heterocycles. The van der Waals surface area contributed by atoms with E-state index in [-0.39, 0.29) is 18.4 Å². The first-order valence-corrected chi connectivity index (χ1v) is 7.34. The van der Waals surface area contributed by atoms with Crippen molar-refractivity contribution in [3.63, 3.8) is 0 Å². The van der Waals surface area contributed by atoms with E-state index in [1.54, 1.807) is 18.2 Å². The van der Waals surface area contributed by atoms with Crippen molar-refractivity contribution >= 4 is 5.69 Å². The topological polar surface area (TPSA) is 70.8 Å². The van der Waals surface area contributed by atoms with Gasteiger partial charge in [0.25, 0.3) is 11.5 Å². The van der Waals surface area contributed by atoms with Gasteiger partial charge >= 0.3 is 0 Å². The molecule has 1 aliphatic rings. The molecule has 1 aliphatic heterocycles. The highest BCUT2D eigenvalue weighted by atomic mass is 16.7. The third-order valence-corrected chi connectivity index (χ3v) is 3.49. The van der Waals surface area contributed by atoms with Crippen LogP contribution in [0.2, 0.25) is 0 Å². The molecule has 0 aliphatic carbocycles. The smallest absolute Gasteiger partial charge is 0.272 e. The van der Waals surface area contributed by atoms with Crippen LogP contribution in [0.3, 0.4) is 0 Å². The molecular weight excluding hydrogens is 298 g/mol. The van der Waals surface area contributed by atoms with E-state index in [0.29, 0.717) is 17.1 Å². The Bertz CT molecular complexity index is 713. The summed E-state index contributed by atoms with van der Waals surface area (Å²) >= 11 is 0. The molecule has 0 amide bonds. The van der Waals surface area contributed by atoms with Crippen molar-refractivity contribution in [2.24, 2.45) is 0 Å². The van der Waals surface area contributed by atoms with Gasteiger partial charge in [-0.05, 0) is 38.1 Å². The maximum atomic E-state index is 10.8. The third-order valence-electron chi connectivity index (χ3n) is 3.49. The average Bonchev–Trinajstić information content (AvgIpc) is 2.54. The van der Waals surface area contributed by atoms with Gasteiger partial charge < -0.3 is 14.2 Å². The third kappa shape index (κ3) is 2.98. The van der Waals surface area contributed by atoms with E-state index < -0.39 is 10.7 Å². The minimum absolute atomic E-state index is 0.0191. The van der Waals surface area contributed by atoms with Crippen LogP contribution in [0.5, 0.6) is 11.5 Å². The minimum atomic E-state index is -1.13. The summed E-state index contributed by atoms with van der Waals surface area (Å²) in [5.74, 6) is 0.104. The molecule has 23 heavy (non-hydrogen) atoms. The van der Waals surface area contributed by atoms with Gasteiger partial charge in [-0.1, -0.05) is 12.1 Å². The number of benzene rings is 2. The van der Waals surface area contributed by atoms with Gasteiger partial charge in [-0.3, -0.25) is 10.1 Å². The van der Waals surface area contributed by atoms with Crippen LogP contribution in [0.15, 0.2) is 48.5 Å². The van der Waals surface area contributed by atoms with E-state index in [0.717, 1.165) is 0 Å². The van der Waals surface area contributed by atoms with Crippen molar-refractivity contribution in [3.8, 4) is 11.5 Å². The Hall–Kier alpha value is -2.60. The standard InChI is InChI=1S/C17H17NO5/c1-12(2)22-17(13-7-9-14(10-8-13)18(19)20)11-21-15-5-3-4-6-16(15)23-17/h3-10,12H,11H2,1-2H3/t17-/m0/s1. The number of nitro groups is 1. The lowest BCUT2D eigenvalue weighted by Gasteiger charge is -2.39. The second-order valence-electron chi connectivity index (χ2n) is 5.56. The normalized spacial score (nSPS) is 19.6. The zero-order valence-electron chi connectivity index (χ0n) is 12.9. The highest BCUT2D eigenvalue weighted by Gasteiger charge is 2.42. The van der Waals surface area contributed by atoms with Gasteiger partial charge in [-0.25, -0.2) is 0 Å². The molecule has 6 nitrogen and oxygen atoms in total. The molecule has 0 spiro atoms. The molecule has 6 heteroatoms. The van der Waals surface area contributed by atoms with Crippen molar-refractivity contribution in [1.29, 1.82) is 0 Å². The van der Waals surface area contributed by atoms with Gasteiger partial charge in [0.1, 0.15) is 0 Å². The molecule has 0 fully saturated rings. The van der Waals surface area contributed by atoms with Crippen molar-refractivity contribution < 1.29 is 19.1 Å². The molecule has 120 valence electrons. The molecule has 0 aromatic heterocycles. The monoisotopic (exact) mass is 315 g/mol. The Kier molecular flexibility index (Phi) is 3.92. The first-order chi connectivity index (χ1) is 11.0. The molecule has 2 aromatic rings. The number of nitrogens with zero attached hydrogens (tertiary/aromatic N) is 1. The Morgan fingerprint density at radius 3 is 2.39 bits per heavy atom. The SMILES string of the molecule is CC(C)O[C@@]1(c2ccc([N+](=O)[O-])cc2)COc2ccccc2O1. The molecule has 0 saturated carbocycles. The summed E-state index contributed by atoms with van der Waals surface area (Å²) in [5.41, 5.74) is 0.692. The second-order valence-corrected chi connectivity index (χ2v) is 5.56. The van der Waals surface area contributed by atoms with Gasteiger partial charge in [0.05, 0.1) is 11.0 Å². The highest BCUT2D eigenvalue weighted by Crippen LogP contribution is 2.41. The van der Waals surface area contributed by atoms with Crippen LogP contribution < -0.4 is 9.47 Å². The maximum Gasteiger partial charge on any atom is 0.272 e. The highest BCUT2D eigenvalue weighted by molar-refractivity contribution is 5.43. The molecule has 1 atom stereocenters. The van der Waals surface area contributed by atoms with Crippen molar-refractivity contribution in [3.05, 3.63) is 64.2 Å². The summed E-state index contributed by atoms with van der Waals surface area (Å²) in [7, 11) is 0. The van der Waals surface area contributed by atoms with E-state index in [4.69, 9.17) is 14.2 Å². The lowest BCUT2D eigenvalue weighted by molar-refractivity contribution is -0.384. The van der Waals surface area contributed by atoms with Gasteiger partial charge in [0.15, 0.2) is 18.1 Å². The van der Waals surface area contributed by atoms with Gasteiger partial charge in [0, 0.05) is 17.7 Å². The predicted octanol–water partition coefficient (Wildman–Crippen LogP) is 3.64. The fourth-order valence-electron chi connectivity index (χ4n) is 2.52. The summed E-state index contributed by atoms with van der Waals surface area (Å²) in [6.45, 7) is 3.97. The van der Waals surface area contributed by atoms with E-state index in [2.05, 4.69) is 0 Å². The summed E-state index contributed by atoms with van der Waals surface area (Å²) in [5, 5.41) is 10.8. The number of ether oxygens (including phenoxy) is 3. The van der Waals surface area contributed by atoms with Crippen molar-refractivity contribution in [2.45, 2.75) is 25.7 Å². The van der Waals surface area contributed by atoms with E-state index in [9.17, 15) is 10.1 Å². The van der Waals surface area contributed by atoms with Gasteiger partial charge in [-0.15, -0.1) is 0 Å². The van der Waals surface area contributed by atoms with E-state index in [1.165, 1.54) is 12.1 Å². The van der Waals surface area contributed by atoms with Crippen LogP contribution in [-0.4, -0.2) is 17.6 Å². The number of rotatable bonds is 4. The van der Waals surface area contributed by atoms with Crippen LogP contribution in [-0.2, 0) is 10.5 Å². The Morgan fingerprint density at radius 1 is 1.13 bits per heavy atom. The summed E-state index contributed by atoms with van der Waals surface area (Å²) in [4.78, 5) is 10.4. The zero-order chi connectivity index (χ0) is 16.4. The zero-order valence-corrected chi connectivity index (χ0v) is 12.9. The molecule has 0 N–H and O–H groups in total. The molecular formula is C17H17NO5. The quantitative estimate of drug-likeness (QED) is 0.636. The Morgan fingerprint density at radius 2 is 1.78 bits per heavy atom. The number of hydrogen-bond donors (Lipinski definition) is 0. The average molecular weight is 315 g/mol. The number of para-hydroxylation sites is 2. The van der Waals surface area contributed by atoms with Gasteiger partial charge in [-0.2, -0.15) is 0 Å². The first kappa shape index (κ1) is 15.3. The minimum Gasteiger partial charge on any atom is -0.482 e. The largest absolute Gasteiger partial charge is 0.482 e. The Labute approximate surface area is 133 Å².